The zero-order chi connectivity index (χ0) is 13.1. The van der Waals surface area contributed by atoms with Crippen LogP contribution in [0, 0.1) is 5.41 Å². The second-order valence-corrected chi connectivity index (χ2v) is 7.43. The molecule has 0 heterocycles. The number of aliphatic hydroxyl groups excluding tert-OH is 1. The SMILES string of the molecule is CN(CCCO)S(=O)(=O)NC1CCC(C)(C)C1. The number of nitrogens with zero attached hydrogens (tertiary/aromatic N) is 1. The zero-order valence-corrected chi connectivity index (χ0v) is 11.8. The third-order valence-corrected chi connectivity index (χ3v) is 4.96. The highest BCUT2D eigenvalue weighted by atomic mass is 32.2. The summed E-state index contributed by atoms with van der Waals surface area (Å²) in [6.07, 6.45) is 3.31. The van der Waals surface area contributed by atoms with Crippen molar-refractivity contribution >= 4 is 10.2 Å². The number of rotatable bonds is 6. The van der Waals surface area contributed by atoms with Crippen LogP contribution in [0.1, 0.15) is 39.5 Å². The van der Waals surface area contributed by atoms with Gasteiger partial charge in [-0.15, -0.1) is 0 Å². The maximum atomic E-state index is 11.9. The Morgan fingerprint density at radius 3 is 2.59 bits per heavy atom. The monoisotopic (exact) mass is 264 g/mol. The second-order valence-electron chi connectivity index (χ2n) is 5.63. The molecule has 1 atom stereocenters. The Morgan fingerprint density at radius 2 is 2.12 bits per heavy atom. The highest BCUT2D eigenvalue weighted by Gasteiger charge is 2.33. The highest BCUT2D eigenvalue weighted by Crippen LogP contribution is 2.37. The first-order valence-electron chi connectivity index (χ1n) is 6.11. The van der Waals surface area contributed by atoms with E-state index in [1.54, 1.807) is 0 Å². The van der Waals surface area contributed by atoms with Crippen molar-refractivity contribution in [3.05, 3.63) is 0 Å². The molecule has 2 N–H and O–H groups in total. The Bertz CT molecular complexity index is 341. The van der Waals surface area contributed by atoms with E-state index in [0.717, 1.165) is 19.3 Å². The van der Waals surface area contributed by atoms with Crippen LogP contribution in [0.4, 0.5) is 0 Å². The van der Waals surface area contributed by atoms with Gasteiger partial charge in [-0.05, 0) is 31.1 Å². The van der Waals surface area contributed by atoms with Gasteiger partial charge in [0.05, 0.1) is 0 Å². The lowest BCUT2D eigenvalue weighted by Crippen LogP contribution is -2.43. The molecule has 0 aromatic rings. The second kappa shape index (κ2) is 5.65. The molecule has 1 unspecified atom stereocenters. The molecule has 1 fully saturated rings. The molecule has 17 heavy (non-hydrogen) atoms. The molecule has 0 saturated heterocycles. The summed E-state index contributed by atoms with van der Waals surface area (Å²) < 4.78 is 27.9. The van der Waals surface area contributed by atoms with Crippen LogP contribution < -0.4 is 4.72 Å². The van der Waals surface area contributed by atoms with Crippen LogP contribution in [0.2, 0.25) is 0 Å². The van der Waals surface area contributed by atoms with Crippen molar-refractivity contribution in [2.75, 3.05) is 20.2 Å². The largest absolute Gasteiger partial charge is 0.396 e. The fourth-order valence-electron chi connectivity index (χ4n) is 2.25. The normalized spacial score (nSPS) is 24.4. The average molecular weight is 264 g/mol. The predicted molar refractivity (Wildman–Crippen MR) is 67.8 cm³/mol. The fraction of sp³-hybridized carbons (Fsp3) is 1.00. The molecule has 1 saturated carbocycles. The summed E-state index contributed by atoms with van der Waals surface area (Å²) in [6, 6.07) is 0.0478. The fourth-order valence-corrected chi connectivity index (χ4v) is 3.42. The van der Waals surface area contributed by atoms with E-state index in [1.165, 1.54) is 11.4 Å². The molecule has 1 rings (SSSR count). The lowest BCUT2D eigenvalue weighted by Gasteiger charge is -2.22. The molecule has 0 radical (unpaired) electrons. The summed E-state index contributed by atoms with van der Waals surface area (Å²) in [7, 11) is -1.85. The van der Waals surface area contributed by atoms with Crippen molar-refractivity contribution in [3.8, 4) is 0 Å². The summed E-state index contributed by atoms with van der Waals surface area (Å²) in [6.45, 7) is 4.69. The smallest absolute Gasteiger partial charge is 0.279 e. The molecule has 0 amide bonds. The molecule has 1 aliphatic carbocycles. The van der Waals surface area contributed by atoms with Gasteiger partial charge in [-0.1, -0.05) is 13.8 Å². The van der Waals surface area contributed by atoms with E-state index in [4.69, 9.17) is 5.11 Å². The Kier molecular flexibility index (Phi) is 4.95. The molecule has 0 aliphatic heterocycles. The molecule has 0 bridgehead atoms. The van der Waals surface area contributed by atoms with Crippen LogP contribution in [0.5, 0.6) is 0 Å². The van der Waals surface area contributed by atoms with Gasteiger partial charge in [-0.2, -0.15) is 17.4 Å². The molecule has 6 heteroatoms. The molecule has 102 valence electrons. The van der Waals surface area contributed by atoms with Gasteiger partial charge in [0.15, 0.2) is 0 Å². The highest BCUT2D eigenvalue weighted by molar-refractivity contribution is 7.87. The van der Waals surface area contributed by atoms with Gasteiger partial charge in [0.2, 0.25) is 0 Å². The van der Waals surface area contributed by atoms with Crippen molar-refractivity contribution in [2.24, 2.45) is 5.41 Å². The first-order valence-corrected chi connectivity index (χ1v) is 7.55. The lowest BCUT2D eigenvalue weighted by atomic mass is 9.92. The quantitative estimate of drug-likeness (QED) is 0.742. The van der Waals surface area contributed by atoms with Gasteiger partial charge < -0.3 is 5.11 Å². The van der Waals surface area contributed by atoms with E-state index >= 15 is 0 Å². The lowest BCUT2D eigenvalue weighted by molar-refractivity contribution is 0.275. The third-order valence-electron chi connectivity index (χ3n) is 3.33. The molecule has 1 aliphatic rings. The minimum Gasteiger partial charge on any atom is -0.396 e. The maximum absolute atomic E-state index is 11.9. The van der Waals surface area contributed by atoms with Gasteiger partial charge in [0.1, 0.15) is 0 Å². The number of nitrogens with one attached hydrogen (secondary N) is 1. The van der Waals surface area contributed by atoms with Crippen LogP contribution in [-0.2, 0) is 10.2 Å². The molecule has 0 aromatic carbocycles. The number of hydrogen-bond donors (Lipinski definition) is 2. The Morgan fingerprint density at radius 1 is 1.47 bits per heavy atom. The Balaban J connectivity index is 2.50. The van der Waals surface area contributed by atoms with E-state index < -0.39 is 10.2 Å². The van der Waals surface area contributed by atoms with Crippen molar-refractivity contribution in [1.29, 1.82) is 0 Å². The van der Waals surface area contributed by atoms with Gasteiger partial charge in [-0.3, -0.25) is 0 Å². The summed E-state index contributed by atoms with van der Waals surface area (Å²) in [4.78, 5) is 0. The van der Waals surface area contributed by atoms with E-state index in [0.29, 0.717) is 13.0 Å². The first-order chi connectivity index (χ1) is 7.77. The van der Waals surface area contributed by atoms with E-state index in [9.17, 15) is 8.42 Å². The molecule has 5 nitrogen and oxygen atoms in total. The van der Waals surface area contributed by atoms with E-state index in [2.05, 4.69) is 18.6 Å². The van der Waals surface area contributed by atoms with Gasteiger partial charge >= 0.3 is 0 Å². The summed E-state index contributed by atoms with van der Waals surface area (Å²) >= 11 is 0. The molecular weight excluding hydrogens is 240 g/mol. The number of hydrogen-bond acceptors (Lipinski definition) is 3. The topological polar surface area (TPSA) is 69.6 Å². The summed E-state index contributed by atoms with van der Waals surface area (Å²) in [5.41, 5.74) is 0.233. The summed E-state index contributed by atoms with van der Waals surface area (Å²) in [5.74, 6) is 0. The van der Waals surface area contributed by atoms with Gasteiger partial charge in [0, 0.05) is 26.2 Å². The van der Waals surface area contributed by atoms with Crippen LogP contribution in [0.25, 0.3) is 0 Å². The molecule has 0 aromatic heterocycles. The van der Waals surface area contributed by atoms with Crippen molar-refractivity contribution in [2.45, 2.75) is 45.6 Å². The van der Waals surface area contributed by atoms with E-state index in [1.807, 2.05) is 0 Å². The van der Waals surface area contributed by atoms with Crippen LogP contribution in [0.3, 0.4) is 0 Å². The molecule has 0 spiro atoms. The van der Waals surface area contributed by atoms with Gasteiger partial charge in [0.25, 0.3) is 10.2 Å². The Hall–Kier alpha value is -0.170. The molecular formula is C11H24N2O3S. The maximum Gasteiger partial charge on any atom is 0.279 e. The third kappa shape index (κ3) is 4.54. The minimum absolute atomic E-state index is 0.0102. The first kappa shape index (κ1) is 14.9. The van der Waals surface area contributed by atoms with Gasteiger partial charge in [-0.25, -0.2) is 0 Å². The van der Waals surface area contributed by atoms with Crippen molar-refractivity contribution < 1.29 is 13.5 Å². The number of aliphatic hydroxyl groups is 1. The standard InChI is InChI=1S/C11H24N2O3S/c1-11(2)6-5-10(9-11)12-17(15,16)13(3)7-4-8-14/h10,12,14H,4-9H2,1-3H3. The van der Waals surface area contributed by atoms with Crippen LogP contribution in [0.15, 0.2) is 0 Å². The predicted octanol–water partition coefficient (Wildman–Crippen LogP) is 0.714. The zero-order valence-electron chi connectivity index (χ0n) is 10.9. The Labute approximate surface area is 104 Å². The average Bonchev–Trinajstić information content (AvgIpc) is 2.53. The van der Waals surface area contributed by atoms with Crippen LogP contribution in [-0.4, -0.2) is 44.1 Å². The summed E-state index contributed by atoms with van der Waals surface area (Å²) in [5, 5.41) is 8.69. The van der Waals surface area contributed by atoms with E-state index in [-0.39, 0.29) is 18.1 Å². The van der Waals surface area contributed by atoms with Crippen molar-refractivity contribution in [1.82, 2.24) is 9.03 Å². The van der Waals surface area contributed by atoms with Crippen molar-refractivity contribution in [3.63, 3.8) is 0 Å². The van der Waals surface area contributed by atoms with Crippen LogP contribution >= 0.6 is 0 Å². The minimum atomic E-state index is -3.39.